The molecule has 0 atom stereocenters. The lowest BCUT2D eigenvalue weighted by Crippen LogP contribution is -2.13. The van der Waals surface area contributed by atoms with E-state index in [-0.39, 0.29) is 0 Å². The standard InChI is InChI=1S/C15H12N2O/c1-2-11-7-9-12(10-8-11)17-14-6-4-3-5-13(14)15(16)18/h1,3-10,17H,(H2,16,18). The molecule has 88 valence electrons. The molecule has 0 radical (unpaired) electrons. The fourth-order valence-corrected chi connectivity index (χ4v) is 1.61. The molecule has 0 aliphatic carbocycles. The van der Waals surface area contributed by atoms with Crippen LogP contribution >= 0.6 is 0 Å². The van der Waals surface area contributed by atoms with Gasteiger partial charge in [0.25, 0.3) is 5.91 Å². The maximum Gasteiger partial charge on any atom is 0.250 e. The molecule has 3 heteroatoms. The molecule has 1 amide bonds. The van der Waals surface area contributed by atoms with E-state index in [4.69, 9.17) is 12.2 Å². The Hall–Kier alpha value is -2.73. The number of primary amides is 1. The molecule has 0 aliphatic rings. The van der Waals surface area contributed by atoms with Crippen LogP contribution in [0.15, 0.2) is 48.5 Å². The molecule has 0 aliphatic heterocycles. The van der Waals surface area contributed by atoms with Crippen molar-refractivity contribution in [1.29, 1.82) is 0 Å². The van der Waals surface area contributed by atoms with E-state index in [0.717, 1.165) is 11.3 Å². The molecule has 0 bridgehead atoms. The number of hydrogen-bond donors (Lipinski definition) is 2. The third-order valence-electron chi connectivity index (χ3n) is 2.52. The fraction of sp³-hybridized carbons (Fsp3) is 0. The number of hydrogen-bond acceptors (Lipinski definition) is 2. The minimum Gasteiger partial charge on any atom is -0.366 e. The summed E-state index contributed by atoms with van der Waals surface area (Å²) < 4.78 is 0. The fourth-order valence-electron chi connectivity index (χ4n) is 1.61. The van der Waals surface area contributed by atoms with Gasteiger partial charge in [0, 0.05) is 11.3 Å². The average Bonchev–Trinajstić information content (AvgIpc) is 2.40. The largest absolute Gasteiger partial charge is 0.366 e. The number of rotatable bonds is 3. The van der Waals surface area contributed by atoms with Crippen molar-refractivity contribution in [3.63, 3.8) is 0 Å². The maximum atomic E-state index is 11.3. The second-order valence-electron chi connectivity index (χ2n) is 3.76. The zero-order chi connectivity index (χ0) is 13.0. The van der Waals surface area contributed by atoms with E-state index in [9.17, 15) is 4.79 Å². The average molecular weight is 236 g/mol. The van der Waals surface area contributed by atoms with Crippen molar-refractivity contribution >= 4 is 17.3 Å². The second-order valence-corrected chi connectivity index (χ2v) is 3.76. The third kappa shape index (κ3) is 2.50. The van der Waals surface area contributed by atoms with Gasteiger partial charge in [-0.2, -0.15) is 0 Å². The van der Waals surface area contributed by atoms with Gasteiger partial charge in [0.2, 0.25) is 0 Å². The Balaban J connectivity index is 2.28. The number of anilines is 2. The summed E-state index contributed by atoms with van der Waals surface area (Å²) in [5.74, 6) is 2.09. The molecule has 0 spiro atoms. The van der Waals surface area contributed by atoms with Crippen molar-refractivity contribution in [1.82, 2.24) is 0 Å². The number of amides is 1. The van der Waals surface area contributed by atoms with Gasteiger partial charge in [-0.15, -0.1) is 6.42 Å². The molecule has 0 aromatic heterocycles. The lowest BCUT2D eigenvalue weighted by molar-refractivity contribution is 0.100. The van der Waals surface area contributed by atoms with Gasteiger partial charge in [-0.1, -0.05) is 18.1 Å². The summed E-state index contributed by atoms with van der Waals surface area (Å²) in [6.07, 6.45) is 5.28. The molecule has 2 aromatic carbocycles. The van der Waals surface area contributed by atoms with Crippen molar-refractivity contribution in [2.75, 3.05) is 5.32 Å². The number of nitrogens with one attached hydrogen (secondary N) is 1. The van der Waals surface area contributed by atoms with E-state index in [1.807, 2.05) is 30.3 Å². The van der Waals surface area contributed by atoms with Crippen LogP contribution in [0, 0.1) is 12.3 Å². The summed E-state index contributed by atoms with van der Waals surface area (Å²) >= 11 is 0. The van der Waals surface area contributed by atoms with Gasteiger partial charge in [-0.05, 0) is 36.4 Å². The van der Waals surface area contributed by atoms with E-state index in [1.165, 1.54) is 0 Å². The monoisotopic (exact) mass is 236 g/mol. The van der Waals surface area contributed by atoms with Gasteiger partial charge in [-0.3, -0.25) is 4.79 Å². The molecular formula is C15H12N2O. The van der Waals surface area contributed by atoms with Crippen molar-refractivity contribution in [2.24, 2.45) is 5.73 Å². The number of terminal acetylenes is 1. The van der Waals surface area contributed by atoms with Gasteiger partial charge in [-0.25, -0.2) is 0 Å². The van der Waals surface area contributed by atoms with E-state index in [1.54, 1.807) is 18.2 Å². The Kier molecular flexibility index (Phi) is 3.31. The molecular weight excluding hydrogens is 224 g/mol. The highest BCUT2D eigenvalue weighted by Crippen LogP contribution is 2.20. The molecule has 18 heavy (non-hydrogen) atoms. The summed E-state index contributed by atoms with van der Waals surface area (Å²) in [6.45, 7) is 0. The number of carbonyl (C=O) groups excluding carboxylic acids is 1. The van der Waals surface area contributed by atoms with Crippen LogP contribution in [-0.2, 0) is 0 Å². The van der Waals surface area contributed by atoms with Crippen LogP contribution in [-0.4, -0.2) is 5.91 Å². The Morgan fingerprint density at radius 1 is 1.11 bits per heavy atom. The van der Waals surface area contributed by atoms with Crippen LogP contribution in [0.5, 0.6) is 0 Å². The van der Waals surface area contributed by atoms with Gasteiger partial charge in [0.05, 0.1) is 11.3 Å². The first-order valence-electron chi connectivity index (χ1n) is 5.43. The van der Waals surface area contributed by atoms with Crippen molar-refractivity contribution in [2.45, 2.75) is 0 Å². The lowest BCUT2D eigenvalue weighted by Gasteiger charge is -2.09. The molecule has 0 heterocycles. The first-order chi connectivity index (χ1) is 8.70. The molecule has 2 aromatic rings. The van der Waals surface area contributed by atoms with Crippen molar-refractivity contribution in [3.8, 4) is 12.3 Å². The molecule has 0 saturated carbocycles. The number of carbonyl (C=O) groups is 1. The van der Waals surface area contributed by atoms with Gasteiger partial charge >= 0.3 is 0 Å². The smallest absolute Gasteiger partial charge is 0.250 e. The predicted octanol–water partition coefficient (Wildman–Crippen LogP) is 2.51. The molecule has 3 N–H and O–H groups in total. The topological polar surface area (TPSA) is 55.1 Å². The molecule has 2 rings (SSSR count). The van der Waals surface area contributed by atoms with Crippen LogP contribution in [0.3, 0.4) is 0 Å². The third-order valence-corrected chi connectivity index (χ3v) is 2.52. The molecule has 0 saturated heterocycles. The minimum atomic E-state index is -0.460. The Bertz CT molecular complexity index is 609. The van der Waals surface area contributed by atoms with Gasteiger partial charge in [0.15, 0.2) is 0 Å². The zero-order valence-electron chi connectivity index (χ0n) is 9.68. The summed E-state index contributed by atoms with van der Waals surface area (Å²) in [5.41, 5.74) is 8.10. The molecule has 3 nitrogen and oxygen atoms in total. The van der Waals surface area contributed by atoms with Crippen LogP contribution in [0.4, 0.5) is 11.4 Å². The van der Waals surface area contributed by atoms with Crippen molar-refractivity contribution < 1.29 is 4.79 Å². The highest BCUT2D eigenvalue weighted by Gasteiger charge is 2.06. The van der Waals surface area contributed by atoms with E-state index >= 15 is 0 Å². The Morgan fingerprint density at radius 3 is 2.39 bits per heavy atom. The van der Waals surface area contributed by atoms with Crippen LogP contribution in [0.1, 0.15) is 15.9 Å². The number of benzene rings is 2. The molecule has 0 fully saturated rings. The summed E-state index contributed by atoms with van der Waals surface area (Å²) in [7, 11) is 0. The summed E-state index contributed by atoms with van der Waals surface area (Å²) in [6, 6.07) is 14.5. The lowest BCUT2D eigenvalue weighted by atomic mass is 10.1. The SMILES string of the molecule is C#Cc1ccc(Nc2ccccc2C(N)=O)cc1. The first-order valence-corrected chi connectivity index (χ1v) is 5.43. The van der Waals surface area contributed by atoms with Crippen LogP contribution in [0.25, 0.3) is 0 Å². The van der Waals surface area contributed by atoms with Crippen LogP contribution in [0.2, 0.25) is 0 Å². The summed E-state index contributed by atoms with van der Waals surface area (Å²) in [4.78, 5) is 11.3. The normalized spacial score (nSPS) is 9.50. The quantitative estimate of drug-likeness (QED) is 0.804. The first kappa shape index (κ1) is 11.7. The molecule has 0 unspecified atom stereocenters. The van der Waals surface area contributed by atoms with Crippen LogP contribution < -0.4 is 11.1 Å². The van der Waals surface area contributed by atoms with Gasteiger partial charge in [0.1, 0.15) is 0 Å². The predicted molar refractivity (Wildman–Crippen MR) is 72.6 cm³/mol. The Morgan fingerprint density at radius 2 is 1.78 bits per heavy atom. The number of para-hydroxylation sites is 1. The minimum absolute atomic E-state index is 0.457. The van der Waals surface area contributed by atoms with Crippen molar-refractivity contribution in [3.05, 3.63) is 59.7 Å². The van der Waals surface area contributed by atoms with E-state index < -0.39 is 5.91 Å². The highest BCUT2D eigenvalue weighted by molar-refractivity contribution is 5.99. The number of nitrogens with two attached hydrogens (primary N) is 1. The zero-order valence-corrected chi connectivity index (χ0v) is 9.68. The maximum absolute atomic E-state index is 11.3. The van der Waals surface area contributed by atoms with E-state index in [0.29, 0.717) is 11.3 Å². The second kappa shape index (κ2) is 5.07. The summed E-state index contributed by atoms with van der Waals surface area (Å²) in [5, 5.41) is 3.14. The Labute approximate surface area is 106 Å². The van der Waals surface area contributed by atoms with Gasteiger partial charge < -0.3 is 11.1 Å². The van der Waals surface area contributed by atoms with E-state index in [2.05, 4.69) is 11.2 Å². The highest BCUT2D eigenvalue weighted by atomic mass is 16.1.